The lowest BCUT2D eigenvalue weighted by Crippen LogP contribution is -2.62. The van der Waals surface area contributed by atoms with Crippen LogP contribution in [0.15, 0.2) is 24.3 Å². The van der Waals surface area contributed by atoms with E-state index in [0.29, 0.717) is 11.6 Å². The van der Waals surface area contributed by atoms with Crippen LogP contribution in [0.3, 0.4) is 0 Å². The zero-order valence-electron chi connectivity index (χ0n) is 13.1. The monoisotopic (exact) mass is 304 g/mol. The molecule has 22 heavy (non-hydrogen) atoms. The first-order chi connectivity index (χ1) is 10.7. The summed E-state index contributed by atoms with van der Waals surface area (Å²) in [6, 6.07) is 7.48. The number of piperidine rings is 1. The summed E-state index contributed by atoms with van der Waals surface area (Å²) in [5.74, 6) is 0.524. The second-order valence-electron chi connectivity index (χ2n) is 6.17. The fourth-order valence-corrected chi connectivity index (χ4v) is 3.25. The van der Waals surface area contributed by atoms with Gasteiger partial charge in [0.1, 0.15) is 5.75 Å². The first kappa shape index (κ1) is 15.3. The van der Waals surface area contributed by atoms with E-state index in [2.05, 4.69) is 4.90 Å². The highest BCUT2D eigenvalue weighted by atomic mass is 16.5. The maximum absolute atomic E-state index is 12.3. The zero-order valence-corrected chi connectivity index (χ0v) is 13.1. The van der Waals surface area contributed by atoms with Crippen LogP contribution in [0.4, 0.5) is 0 Å². The molecule has 2 heterocycles. The largest absolute Gasteiger partial charge is 0.497 e. The minimum absolute atomic E-state index is 0.196. The van der Waals surface area contributed by atoms with Gasteiger partial charge < -0.3 is 14.7 Å². The third-order valence-electron chi connectivity index (χ3n) is 4.75. The summed E-state index contributed by atoms with van der Waals surface area (Å²) in [6.45, 7) is 3.78. The number of likely N-dealkylation sites (tertiary alicyclic amines) is 2. The molecule has 0 spiro atoms. The summed E-state index contributed by atoms with van der Waals surface area (Å²) >= 11 is 0. The average Bonchev–Trinajstić information content (AvgIpc) is 2.54. The van der Waals surface area contributed by atoms with Gasteiger partial charge in [-0.05, 0) is 43.6 Å². The number of hydrogen-bond donors (Lipinski definition) is 1. The van der Waals surface area contributed by atoms with Gasteiger partial charge in [0, 0.05) is 19.1 Å². The van der Waals surface area contributed by atoms with Gasteiger partial charge in [0.05, 0.1) is 7.11 Å². The molecule has 120 valence electrons. The molecular formula is C17H24N2O3. The Balaban J connectivity index is 1.53. The molecule has 1 aromatic rings. The third kappa shape index (κ3) is 3.10. The van der Waals surface area contributed by atoms with Crippen molar-refractivity contribution in [3.63, 3.8) is 0 Å². The normalized spacial score (nSPS) is 21.3. The Morgan fingerprint density at radius 2 is 1.82 bits per heavy atom. The number of aliphatic hydroxyl groups is 1. The average molecular weight is 304 g/mol. The molecule has 1 N–H and O–H groups in total. The van der Waals surface area contributed by atoms with Crippen LogP contribution in [0.5, 0.6) is 5.75 Å². The second kappa shape index (κ2) is 6.67. The van der Waals surface area contributed by atoms with E-state index in [1.165, 1.54) is 19.3 Å². The molecule has 0 aliphatic carbocycles. The lowest BCUT2D eigenvalue weighted by atomic mass is 10.0. The van der Waals surface area contributed by atoms with Crippen molar-refractivity contribution in [3.8, 4) is 5.75 Å². The van der Waals surface area contributed by atoms with E-state index in [9.17, 15) is 9.90 Å². The Morgan fingerprint density at radius 1 is 1.18 bits per heavy atom. The summed E-state index contributed by atoms with van der Waals surface area (Å²) in [5, 5.41) is 10.2. The van der Waals surface area contributed by atoms with Crippen molar-refractivity contribution >= 4 is 5.91 Å². The minimum Gasteiger partial charge on any atom is -0.497 e. The molecular weight excluding hydrogens is 280 g/mol. The maximum Gasteiger partial charge on any atom is 0.256 e. The van der Waals surface area contributed by atoms with Gasteiger partial charge in [-0.1, -0.05) is 18.6 Å². The van der Waals surface area contributed by atoms with Gasteiger partial charge in [-0.2, -0.15) is 0 Å². The van der Waals surface area contributed by atoms with Crippen molar-refractivity contribution in [2.45, 2.75) is 31.4 Å². The molecule has 1 atom stereocenters. The number of methoxy groups -OCH3 is 1. The van der Waals surface area contributed by atoms with Crippen molar-refractivity contribution in [1.82, 2.24) is 9.80 Å². The minimum atomic E-state index is -1.08. The van der Waals surface area contributed by atoms with Crippen molar-refractivity contribution < 1.29 is 14.6 Å². The van der Waals surface area contributed by atoms with Crippen LogP contribution in [0.25, 0.3) is 0 Å². The molecule has 1 amide bonds. The van der Waals surface area contributed by atoms with Gasteiger partial charge in [-0.15, -0.1) is 0 Å². The van der Waals surface area contributed by atoms with Crippen LogP contribution in [0.2, 0.25) is 0 Å². The van der Waals surface area contributed by atoms with E-state index < -0.39 is 6.10 Å². The van der Waals surface area contributed by atoms with E-state index in [0.717, 1.165) is 31.9 Å². The molecule has 2 fully saturated rings. The quantitative estimate of drug-likeness (QED) is 0.914. The van der Waals surface area contributed by atoms with Crippen LogP contribution in [0, 0.1) is 0 Å². The molecule has 3 rings (SSSR count). The summed E-state index contributed by atoms with van der Waals surface area (Å²) in [4.78, 5) is 16.6. The lowest BCUT2D eigenvalue weighted by molar-refractivity contribution is -0.148. The number of amides is 1. The molecule has 0 unspecified atom stereocenters. The molecule has 0 radical (unpaired) electrons. The van der Waals surface area contributed by atoms with Crippen molar-refractivity contribution in [2.75, 3.05) is 33.3 Å². The van der Waals surface area contributed by atoms with E-state index in [1.807, 2.05) is 0 Å². The number of benzene rings is 1. The van der Waals surface area contributed by atoms with Crippen molar-refractivity contribution in [1.29, 1.82) is 0 Å². The van der Waals surface area contributed by atoms with Gasteiger partial charge in [-0.25, -0.2) is 0 Å². The van der Waals surface area contributed by atoms with Crippen LogP contribution in [0.1, 0.15) is 30.9 Å². The Hall–Kier alpha value is -1.59. The number of carbonyl (C=O) groups excluding carboxylic acids is 1. The van der Waals surface area contributed by atoms with E-state index >= 15 is 0 Å². The predicted octanol–water partition coefficient (Wildman–Crippen LogP) is 1.43. The molecule has 5 heteroatoms. The van der Waals surface area contributed by atoms with Gasteiger partial charge >= 0.3 is 0 Å². The van der Waals surface area contributed by atoms with Gasteiger partial charge in [-0.3, -0.25) is 9.69 Å². The van der Waals surface area contributed by atoms with Gasteiger partial charge in [0.25, 0.3) is 5.91 Å². The van der Waals surface area contributed by atoms with E-state index in [-0.39, 0.29) is 5.91 Å². The highest BCUT2D eigenvalue weighted by Gasteiger charge is 2.37. The fourth-order valence-electron chi connectivity index (χ4n) is 3.25. The number of carbonyl (C=O) groups is 1. The third-order valence-corrected chi connectivity index (χ3v) is 4.75. The SMILES string of the molecule is COc1ccc([C@H](O)C(=O)N2CC(N3CCCCC3)C2)cc1. The predicted molar refractivity (Wildman–Crippen MR) is 83.7 cm³/mol. The Bertz CT molecular complexity index is 505. The molecule has 0 bridgehead atoms. The van der Waals surface area contributed by atoms with E-state index in [1.54, 1.807) is 36.3 Å². The Kier molecular flexibility index (Phi) is 4.64. The zero-order chi connectivity index (χ0) is 15.5. The second-order valence-corrected chi connectivity index (χ2v) is 6.17. The molecule has 1 aromatic carbocycles. The van der Waals surface area contributed by atoms with E-state index in [4.69, 9.17) is 4.74 Å². The number of nitrogens with zero attached hydrogens (tertiary/aromatic N) is 2. The Morgan fingerprint density at radius 3 is 2.41 bits per heavy atom. The van der Waals surface area contributed by atoms with Crippen molar-refractivity contribution in [3.05, 3.63) is 29.8 Å². The molecule has 2 saturated heterocycles. The summed E-state index contributed by atoms with van der Waals surface area (Å²) < 4.78 is 5.09. The number of hydrogen-bond acceptors (Lipinski definition) is 4. The topological polar surface area (TPSA) is 53.0 Å². The number of aliphatic hydroxyl groups excluding tert-OH is 1. The first-order valence-corrected chi connectivity index (χ1v) is 8.04. The molecule has 0 aromatic heterocycles. The number of rotatable bonds is 4. The molecule has 2 aliphatic rings. The maximum atomic E-state index is 12.3. The number of ether oxygens (including phenoxy) is 1. The molecule has 0 saturated carbocycles. The molecule has 5 nitrogen and oxygen atoms in total. The summed E-state index contributed by atoms with van der Waals surface area (Å²) in [6.07, 6.45) is 2.77. The first-order valence-electron chi connectivity index (χ1n) is 8.04. The van der Waals surface area contributed by atoms with Crippen molar-refractivity contribution in [2.24, 2.45) is 0 Å². The van der Waals surface area contributed by atoms with Crippen LogP contribution < -0.4 is 4.74 Å². The van der Waals surface area contributed by atoms with Crippen LogP contribution in [-0.4, -0.2) is 60.1 Å². The Labute approximate surface area is 131 Å². The van der Waals surface area contributed by atoms with Crippen LogP contribution >= 0.6 is 0 Å². The summed E-state index contributed by atoms with van der Waals surface area (Å²) in [7, 11) is 1.59. The lowest BCUT2D eigenvalue weighted by Gasteiger charge is -2.47. The summed E-state index contributed by atoms with van der Waals surface area (Å²) in [5.41, 5.74) is 0.618. The standard InChI is InChI=1S/C17H24N2O3/c1-22-15-7-5-13(6-8-15)16(20)17(21)19-11-14(12-19)18-9-3-2-4-10-18/h5-8,14,16,20H,2-4,9-12H2,1H3/t16-/m0/s1. The van der Waals surface area contributed by atoms with Gasteiger partial charge in [0.2, 0.25) is 0 Å². The fraction of sp³-hybridized carbons (Fsp3) is 0.588. The van der Waals surface area contributed by atoms with Gasteiger partial charge in [0.15, 0.2) is 6.10 Å². The van der Waals surface area contributed by atoms with Crippen LogP contribution in [-0.2, 0) is 4.79 Å². The smallest absolute Gasteiger partial charge is 0.256 e. The molecule has 2 aliphatic heterocycles. The highest BCUT2D eigenvalue weighted by Crippen LogP contribution is 2.25. The highest BCUT2D eigenvalue weighted by molar-refractivity contribution is 5.83.